The number of nitrogens with one attached hydrogen (secondary N) is 3. The third-order valence-electron chi connectivity index (χ3n) is 3.67. The first kappa shape index (κ1) is 18.6. The van der Waals surface area contributed by atoms with Crippen molar-refractivity contribution in [2.75, 3.05) is 17.2 Å². The number of H-pyrrole nitrogens is 1. The smallest absolute Gasteiger partial charge is 0.375 e. The Kier molecular flexibility index (Phi) is 5.20. The van der Waals surface area contributed by atoms with Crippen LogP contribution in [0.25, 0.3) is 0 Å². The first-order valence-electron chi connectivity index (χ1n) is 7.51. The Morgan fingerprint density at radius 1 is 1.12 bits per heavy atom. The van der Waals surface area contributed by atoms with E-state index < -0.39 is 18.6 Å². The molecule has 1 heterocycles. The zero-order valence-electron chi connectivity index (χ0n) is 14.0. The van der Waals surface area contributed by atoms with Gasteiger partial charge in [0.1, 0.15) is 12.2 Å². The summed E-state index contributed by atoms with van der Waals surface area (Å²) in [5.74, 6) is -0.702. The summed E-state index contributed by atoms with van der Waals surface area (Å²) in [4.78, 5) is 27.0. The minimum atomic E-state index is -4.37. The average Bonchev–Trinajstić information content (AvgIpc) is 2.80. The number of anilines is 2. The van der Waals surface area contributed by atoms with Gasteiger partial charge in [0, 0.05) is 11.3 Å². The van der Waals surface area contributed by atoms with Crippen LogP contribution in [0.5, 0.6) is 0 Å². The summed E-state index contributed by atoms with van der Waals surface area (Å²) in [7, 11) is 0. The van der Waals surface area contributed by atoms with Crippen LogP contribution in [0.2, 0.25) is 0 Å². The van der Waals surface area contributed by atoms with Crippen molar-refractivity contribution in [3.8, 4) is 0 Å². The maximum absolute atomic E-state index is 12.5. The van der Waals surface area contributed by atoms with E-state index in [1.807, 2.05) is 0 Å². The largest absolute Gasteiger partial charge is 0.405 e. The number of halogens is 3. The van der Waals surface area contributed by atoms with Crippen molar-refractivity contribution in [1.29, 1.82) is 0 Å². The molecule has 2 aromatic rings. The van der Waals surface area contributed by atoms with E-state index in [2.05, 4.69) is 15.6 Å². The molecule has 5 nitrogen and oxygen atoms in total. The number of rotatable bonds is 5. The highest BCUT2D eigenvalue weighted by atomic mass is 19.4. The van der Waals surface area contributed by atoms with E-state index in [0.717, 1.165) is 0 Å². The van der Waals surface area contributed by atoms with Crippen LogP contribution in [0, 0.1) is 13.8 Å². The summed E-state index contributed by atoms with van der Waals surface area (Å²) in [5, 5.41) is 4.83. The van der Waals surface area contributed by atoms with Crippen LogP contribution in [-0.4, -0.2) is 29.4 Å². The van der Waals surface area contributed by atoms with Gasteiger partial charge in [-0.3, -0.25) is 9.59 Å². The van der Waals surface area contributed by atoms with Crippen LogP contribution in [0.15, 0.2) is 24.3 Å². The summed E-state index contributed by atoms with van der Waals surface area (Å²) in [6, 6.07) is 6.09. The standard InChI is InChI=1S/C17H18F3N3O2/c1-9-14(11(3)24)10(2)22-15(9)16(25)23-13-7-5-4-6-12(13)21-8-17(18,19)20/h4-7,21-22H,8H2,1-3H3,(H,23,25). The summed E-state index contributed by atoms with van der Waals surface area (Å²) < 4.78 is 37.2. The summed E-state index contributed by atoms with van der Waals surface area (Å²) in [6.45, 7) is 3.51. The molecular formula is C17H18F3N3O2. The fourth-order valence-electron chi connectivity index (χ4n) is 2.63. The monoisotopic (exact) mass is 353 g/mol. The number of para-hydroxylation sites is 2. The highest BCUT2D eigenvalue weighted by Crippen LogP contribution is 2.25. The Bertz CT molecular complexity index is 810. The second-order valence-corrected chi connectivity index (χ2v) is 5.65. The van der Waals surface area contributed by atoms with Gasteiger partial charge in [0.2, 0.25) is 0 Å². The van der Waals surface area contributed by atoms with E-state index in [1.165, 1.54) is 19.1 Å². The van der Waals surface area contributed by atoms with Gasteiger partial charge in [0.15, 0.2) is 5.78 Å². The number of aromatic amines is 1. The lowest BCUT2D eigenvalue weighted by atomic mass is 10.1. The Morgan fingerprint density at radius 3 is 2.24 bits per heavy atom. The number of benzene rings is 1. The molecule has 0 aliphatic rings. The molecular weight excluding hydrogens is 335 g/mol. The molecule has 2 rings (SSSR count). The van der Waals surface area contributed by atoms with E-state index in [0.29, 0.717) is 16.8 Å². The first-order valence-corrected chi connectivity index (χ1v) is 7.51. The fourth-order valence-corrected chi connectivity index (χ4v) is 2.63. The van der Waals surface area contributed by atoms with Crippen LogP contribution < -0.4 is 10.6 Å². The third kappa shape index (κ3) is 4.40. The molecule has 0 saturated carbocycles. The van der Waals surface area contributed by atoms with E-state index in [4.69, 9.17) is 0 Å². The molecule has 25 heavy (non-hydrogen) atoms. The molecule has 0 atom stereocenters. The molecule has 3 N–H and O–H groups in total. The molecule has 0 fully saturated rings. The normalized spacial score (nSPS) is 11.3. The number of Topliss-reactive ketones (excluding diaryl/α,β-unsaturated/α-hetero) is 1. The maximum atomic E-state index is 12.5. The number of ketones is 1. The number of aryl methyl sites for hydroxylation is 1. The zero-order valence-corrected chi connectivity index (χ0v) is 14.0. The highest BCUT2D eigenvalue weighted by Gasteiger charge is 2.27. The first-order chi connectivity index (χ1) is 11.6. The van der Waals surface area contributed by atoms with Crippen molar-refractivity contribution < 1.29 is 22.8 Å². The molecule has 0 spiro atoms. The van der Waals surface area contributed by atoms with E-state index in [-0.39, 0.29) is 22.9 Å². The lowest BCUT2D eigenvalue weighted by Crippen LogP contribution is -2.22. The molecule has 0 aliphatic heterocycles. The third-order valence-corrected chi connectivity index (χ3v) is 3.67. The molecule has 8 heteroatoms. The van der Waals surface area contributed by atoms with Crippen LogP contribution in [0.1, 0.15) is 39.0 Å². The van der Waals surface area contributed by atoms with Gasteiger partial charge in [-0.1, -0.05) is 12.1 Å². The molecule has 1 aromatic carbocycles. The van der Waals surface area contributed by atoms with Gasteiger partial charge >= 0.3 is 6.18 Å². The van der Waals surface area contributed by atoms with Crippen molar-refractivity contribution >= 4 is 23.1 Å². The van der Waals surface area contributed by atoms with E-state index in [9.17, 15) is 22.8 Å². The van der Waals surface area contributed by atoms with Crippen LogP contribution in [-0.2, 0) is 0 Å². The lowest BCUT2D eigenvalue weighted by Gasteiger charge is -2.14. The Labute approximate surface area is 142 Å². The predicted octanol–water partition coefficient (Wildman–Crippen LogP) is 4.06. The quantitative estimate of drug-likeness (QED) is 0.710. The topological polar surface area (TPSA) is 74.0 Å². The molecule has 0 unspecified atom stereocenters. The van der Waals surface area contributed by atoms with Crippen LogP contribution in [0.3, 0.4) is 0 Å². The molecule has 0 aliphatic carbocycles. The molecule has 0 radical (unpaired) electrons. The second kappa shape index (κ2) is 7.00. The van der Waals surface area contributed by atoms with Crippen molar-refractivity contribution in [2.45, 2.75) is 26.9 Å². The molecule has 134 valence electrons. The number of hydrogen-bond donors (Lipinski definition) is 3. The van der Waals surface area contributed by atoms with Crippen molar-refractivity contribution in [1.82, 2.24) is 4.98 Å². The number of aromatic nitrogens is 1. The SMILES string of the molecule is CC(=O)c1c(C)[nH]c(C(=O)Nc2ccccc2NCC(F)(F)F)c1C. The predicted molar refractivity (Wildman–Crippen MR) is 89.2 cm³/mol. The number of carbonyl (C=O) groups excluding carboxylic acids is 2. The number of amides is 1. The number of carbonyl (C=O) groups is 2. The fraction of sp³-hybridized carbons (Fsp3) is 0.294. The van der Waals surface area contributed by atoms with Gasteiger partial charge in [-0.25, -0.2) is 0 Å². The molecule has 0 saturated heterocycles. The minimum Gasteiger partial charge on any atom is -0.375 e. The van der Waals surface area contributed by atoms with Crippen molar-refractivity contribution in [3.05, 3.63) is 46.8 Å². The van der Waals surface area contributed by atoms with E-state index >= 15 is 0 Å². The van der Waals surface area contributed by atoms with Gasteiger partial charge in [-0.15, -0.1) is 0 Å². The Hall–Kier alpha value is -2.77. The van der Waals surface area contributed by atoms with Gasteiger partial charge in [-0.2, -0.15) is 13.2 Å². The summed E-state index contributed by atoms with van der Waals surface area (Å²) in [5.41, 5.74) is 2.08. The van der Waals surface area contributed by atoms with Gasteiger partial charge in [0.05, 0.1) is 11.4 Å². The van der Waals surface area contributed by atoms with Crippen LogP contribution in [0.4, 0.5) is 24.5 Å². The van der Waals surface area contributed by atoms with Crippen molar-refractivity contribution in [2.24, 2.45) is 0 Å². The highest BCUT2D eigenvalue weighted by molar-refractivity contribution is 6.08. The van der Waals surface area contributed by atoms with E-state index in [1.54, 1.807) is 26.0 Å². The molecule has 1 amide bonds. The minimum absolute atomic E-state index is 0.154. The Balaban J connectivity index is 2.25. The van der Waals surface area contributed by atoms with Gasteiger partial charge < -0.3 is 15.6 Å². The molecule has 1 aromatic heterocycles. The second-order valence-electron chi connectivity index (χ2n) is 5.65. The lowest BCUT2D eigenvalue weighted by molar-refractivity contribution is -0.115. The van der Waals surface area contributed by atoms with Gasteiger partial charge in [0.25, 0.3) is 5.91 Å². The van der Waals surface area contributed by atoms with Crippen molar-refractivity contribution in [3.63, 3.8) is 0 Å². The molecule has 0 bridgehead atoms. The number of hydrogen-bond acceptors (Lipinski definition) is 3. The van der Waals surface area contributed by atoms with Gasteiger partial charge in [-0.05, 0) is 38.5 Å². The summed E-state index contributed by atoms with van der Waals surface area (Å²) in [6.07, 6.45) is -4.37. The Morgan fingerprint density at radius 2 is 1.72 bits per heavy atom. The number of alkyl halides is 3. The average molecular weight is 353 g/mol. The zero-order chi connectivity index (χ0) is 18.8. The summed E-state index contributed by atoms with van der Waals surface area (Å²) >= 11 is 0. The maximum Gasteiger partial charge on any atom is 0.405 e. The van der Waals surface area contributed by atoms with Crippen LogP contribution >= 0.6 is 0 Å².